The van der Waals surface area contributed by atoms with E-state index in [0.717, 1.165) is 34.2 Å². The summed E-state index contributed by atoms with van der Waals surface area (Å²) in [6.07, 6.45) is 1.17. The number of nitrogens with zero attached hydrogens (tertiary/aromatic N) is 2. The number of aromatic nitrogens is 1. The lowest BCUT2D eigenvalue weighted by atomic mass is 10.1. The van der Waals surface area contributed by atoms with Crippen molar-refractivity contribution >= 4 is 11.3 Å². The van der Waals surface area contributed by atoms with Crippen LogP contribution in [-0.4, -0.2) is 18.7 Å². The summed E-state index contributed by atoms with van der Waals surface area (Å²) in [7, 11) is 1.63. The van der Waals surface area contributed by atoms with Crippen LogP contribution in [0.25, 0.3) is 11.3 Å². The molecule has 0 saturated carbocycles. The predicted octanol–water partition coefficient (Wildman–Crippen LogP) is 2.82. The number of hydrogen-bond acceptors (Lipinski definition) is 5. The molecule has 5 heteroatoms. The summed E-state index contributed by atoms with van der Waals surface area (Å²) in [4.78, 5) is 5.76. The van der Waals surface area contributed by atoms with Crippen LogP contribution in [0.5, 0.6) is 11.5 Å². The van der Waals surface area contributed by atoms with Gasteiger partial charge in [-0.05, 0) is 12.1 Å². The van der Waals surface area contributed by atoms with E-state index in [1.807, 2.05) is 18.2 Å². The van der Waals surface area contributed by atoms with Gasteiger partial charge in [0.15, 0.2) is 11.5 Å². The summed E-state index contributed by atoms with van der Waals surface area (Å²) in [6, 6.07) is 7.94. The molecule has 2 aromatic rings. The van der Waals surface area contributed by atoms with Crippen LogP contribution in [-0.2, 0) is 12.8 Å². The number of rotatable bonds is 2. The van der Waals surface area contributed by atoms with E-state index in [9.17, 15) is 0 Å². The average Bonchev–Trinajstić information content (AvgIpc) is 2.74. The molecule has 4 nitrogen and oxygen atoms in total. The predicted molar refractivity (Wildman–Crippen MR) is 72.6 cm³/mol. The summed E-state index contributed by atoms with van der Waals surface area (Å²) in [5, 5.41) is 9.65. The van der Waals surface area contributed by atoms with E-state index in [0.29, 0.717) is 13.0 Å². The Morgan fingerprint density at radius 2 is 2.42 bits per heavy atom. The van der Waals surface area contributed by atoms with Crippen molar-refractivity contribution in [1.29, 1.82) is 5.26 Å². The van der Waals surface area contributed by atoms with Crippen LogP contribution >= 0.6 is 11.3 Å². The Bertz CT molecular complexity index is 658. The van der Waals surface area contributed by atoms with Crippen LogP contribution in [0.3, 0.4) is 0 Å². The number of hydrogen-bond donors (Lipinski definition) is 0. The zero-order chi connectivity index (χ0) is 13.2. The number of nitriles is 1. The fourth-order valence-corrected chi connectivity index (χ4v) is 3.18. The summed E-state index contributed by atoms with van der Waals surface area (Å²) in [6.45, 7) is 0.606. The average molecular weight is 272 g/mol. The standard InChI is InChI=1S/C14H12N2O2S/c1-17-10-4-2-3-9-13-11(6-8-18-14(9)10)19-12(16-13)5-7-15/h2-4H,5-6,8H2,1H3. The van der Waals surface area contributed by atoms with E-state index in [4.69, 9.17) is 14.7 Å². The number of fused-ring (bicyclic) bond motifs is 3. The molecule has 0 unspecified atom stereocenters. The fraction of sp³-hybridized carbons (Fsp3) is 0.286. The Balaban J connectivity index is 2.16. The lowest BCUT2D eigenvalue weighted by Gasteiger charge is -2.11. The second-order valence-corrected chi connectivity index (χ2v) is 5.32. The quantitative estimate of drug-likeness (QED) is 0.843. The maximum absolute atomic E-state index is 8.79. The summed E-state index contributed by atoms with van der Waals surface area (Å²) in [5.41, 5.74) is 1.88. The monoisotopic (exact) mass is 272 g/mol. The highest BCUT2D eigenvalue weighted by atomic mass is 32.1. The first kappa shape index (κ1) is 12.0. The van der Waals surface area contributed by atoms with E-state index in [1.54, 1.807) is 18.4 Å². The van der Waals surface area contributed by atoms with Crippen molar-refractivity contribution in [3.8, 4) is 28.8 Å². The van der Waals surface area contributed by atoms with E-state index in [2.05, 4.69) is 11.1 Å². The van der Waals surface area contributed by atoms with Crippen LogP contribution in [0.4, 0.5) is 0 Å². The summed E-state index contributed by atoms with van der Waals surface area (Å²) < 4.78 is 11.1. The van der Waals surface area contributed by atoms with Crippen molar-refractivity contribution in [1.82, 2.24) is 4.98 Å². The fourth-order valence-electron chi connectivity index (χ4n) is 2.18. The highest BCUT2D eigenvalue weighted by Crippen LogP contribution is 2.42. The molecule has 0 amide bonds. The van der Waals surface area contributed by atoms with Gasteiger partial charge in [0.1, 0.15) is 5.01 Å². The van der Waals surface area contributed by atoms with Crippen molar-refractivity contribution in [3.05, 3.63) is 28.1 Å². The molecule has 2 heterocycles. The third kappa shape index (κ3) is 2.04. The molecule has 1 aromatic heterocycles. The van der Waals surface area contributed by atoms with Crippen molar-refractivity contribution in [2.24, 2.45) is 0 Å². The highest BCUT2D eigenvalue weighted by Gasteiger charge is 2.22. The van der Waals surface area contributed by atoms with Crippen molar-refractivity contribution in [2.45, 2.75) is 12.8 Å². The molecule has 1 aliphatic rings. The smallest absolute Gasteiger partial charge is 0.170 e. The van der Waals surface area contributed by atoms with E-state index in [-0.39, 0.29) is 0 Å². The first-order chi connectivity index (χ1) is 9.33. The van der Waals surface area contributed by atoms with Crippen LogP contribution in [0.2, 0.25) is 0 Å². The van der Waals surface area contributed by atoms with Gasteiger partial charge in [-0.25, -0.2) is 4.98 Å². The summed E-state index contributed by atoms with van der Waals surface area (Å²) in [5.74, 6) is 1.47. The van der Waals surface area contributed by atoms with Gasteiger partial charge >= 0.3 is 0 Å². The van der Waals surface area contributed by atoms with Crippen LogP contribution in [0.1, 0.15) is 9.88 Å². The third-order valence-corrected chi connectivity index (χ3v) is 4.12. The molecule has 0 spiro atoms. The lowest BCUT2D eigenvalue weighted by Crippen LogP contribution is -1.99. The van der Waals surface area contributed by atoms with Crippen LogP contribution in [0.15, 0.2) is 18.2 Å². The number of para-hydroxylation sites is 1. The number of methoxy groups -OCH3 is 1. The molecular weight excluding hydrogens is 260 g/mol. The number of thiazole rings is 1. The Morgan fingerprint density at radius 1 is 1.53 bits per heavy atom. The molecule has 0 saturated heterocycles. The third-order valence-electron chi connectivity index (χ3n) is 3.00. The molecular formula is C14H12N2O2S. The summed E-state index contributed by atoms with van der Waals surface area (Å²) >= 11 is 1.60. The molecule has 0 bridgehead atoms. The molecule has 0 radical (unpaired) electrons. The molecule has 0 N–H and O–H groups in total. The number of ether oxygens (including phenoxy) is 2. The maximum atomic E-state index is 8.79. The Labute approximate surface area is 115 Å². The van der Waals surface area contributed by atoms with Gasteiger partial charge in [0.2, 0.25) is 0 Å². The van der Waals surface area contributed by atoms with Gasteiger partial charge in [0.05, 0.1) is 31.9 Å². The molecule has 1 aliphatic heterocycles. The van der Waals surface area contributed by atoms with Crippen molar-refractivity contribution in [3.63, 3.8) is 0 Å². The first-order valence-corrected chi connectivity index (χ1v) is 6.81. The minimum atomic E-state index is 0.359. The Hall–Kier alpha value is -2.06. The van der Waals surface area contributed by atoms with Crippen molar-refractivity contribution in [2.75, 3.05) is 13.7 Å². The lowest BCUT2D eigenvalue weighted by molar-refractivity contribution is 0.302. The number of benzene rings is 1. The molecule has 0 atom stereocenters. The van der Waals surface area contributed by atoms with E-state index in [1.165, 1.54) is 4.88 Å². The van der Waals surface area contributed by atoms with E-state index < -0.39 is 0 Å². The van der Waals surface area contributed by atoms with Gasteiger partial charge in [0.25, 0.3) is 0 Å². The van der Waals surface area contributed by atoms with Crippen molar-refractivity contribution < 1.29 is 9.47 Å². The molecule has 96 valence electrons. The first-order valence-electron chi connectivity index (χ1n) is 5.99. The second-order valence-electron chi connectivity index (χ2n) is 4.15. The Morgan fingerprint density at radius 3 is 3.21 bits per heavy atom. The zero-order valence-electron chi connectivity index (χ0n) is 10.5. The van der Waals surface area contributed by atoms with Crippen LogP contribution < -0.4 is 9.47 Å². The molecule has 19 heavy (non-hydrogen) atoms. The SMILES string of the molecule is COc1cccc2c1OCCc1sc(CC#N)nc1-2. The topological polar surface area (TPSA) is 55.1 Å². The van der Waals surface area contributed by atoms with Gasteiger partial charge in [-0.2, -0.15) is 5.26 Å². The highest BCUT2D eigenvalue weighted by molar-refractivity contribution is 7.12. The van der Waals surface area contributed by atoms with Gasteiger partial charge < -0.3 is 9.47 Å². The molecule has 3 rings (SSSR count). The zero-order valence-corrected chi connectivity index (χ0v) is 11.3. The second kappa shape index (κ2) is 4.90. The van der Waals surface area contributed by atoms with E-state index >= 15 is 0 Å². The molecule has 0 fully saturated rings. The molecule has 1 aromatic carbocycles. The van der Waals surface area contributed by atoms with Crippen LogP contribution in [0, 0.1) is 11.3 Å². The van der Waals surface area contributed by atoms with Gasteiger partial charge in [-0.1, -0.05) is 6.07 Å². The normalized spacial score (nSPS) is 12.6. The Kier molecular flexibility index (Phi) is 3.10. The minimum Gasteiger partial charge on any atom is -0.493 e. The largest absolute Gasteiger partial charge is 0.493 e. The maximum Gasteiger partial charge on any atom is 0.170 e. The van der Waals surface area contributed by atoms with Gasteiger partial charge in [-0.15, -0.1) is 11.3 Å². The van der Waals surface area contributed by atoms with Gasteiger partial charge in [0, 0.05) is 16.9 Å². The van der Waals surface area contributed by atoms with Gasteiger partial charge in [-0.3, -0.25) is 0 Å². The minimum absolute atomic E-state index is 0.359. The molecule has 0 aliphatic carbocycles.